The Balaban J connectivity index is 0.000000612. The Kier molecular flexibility index (Phi) is 6.60. The van der Waals surface area contributed by atoms with Gasteiger partial charge in [0.25, 0.3) is 5.91 Å². The maximum Gasteiger partial charge on any atom is 0.373 e. The quantitative estimate of drug-likeness (QED) is 0.827. The summed E-state index contributed by atoms with van der Waals surface area (Å²) in [7, 11) is 0. The minimum Gasteiger partial charge on any atom is -0.339 e. The Hall–Kier alpha value is -2.00. The number of pyridine rings is 1. The normalized spacial score (nSPS) is 15.0. The largest absolute Gasteiger partial charge is 0.373 e. The van der Waals surface area contributed by atoms with Crippen molar-refractivity contribution < 1.29 is 14.4 Å². The Morgan fingerprint density at radius 3 is 2.50 bits per heavy atom. The monoisotopic (exact) mass is 276 g/mol. The molecule has 1 aliphatic heterocycles. The lowest BCUT2D eigenvalue weighted by Gasteiger charge is -2.30. The summed E-state index contributed by atoms with van der Waals surface area (Å²) in [6, 6.07) is 1.97. The zero-order valence-electron chi connectivity index (χ0n) is 12.0. The highest BCUT2D eigenvalue weighted by Gasteiger charge is 2.21. The first kappa shape index (κ1) is 16.1. The molecule has 0 N–H and O–H groups in total. The number of likely N-dealkylation sites (tertiary alicyclic amines) is 1. The van der Waals surface area contributed by atoms with Gasteiger partial charge in [-0.2, -0.15) is 9.59 Å². The first-order valence-corrected chi connectivity index (χ1v) is 6.84. The number of nitrogens with zero attached hydrogens (tertiary/aromatic N) is 2. The lowest BCUT2D eigenvalue weighted by Crippen LogP contribution is -2.37. The second-order valence-electron chi connectivity index (χ2n) is 4.99. The number of aryl methyl sites for hydroxylation is 1. The summed E-state index contributed by atoms with van der Waals surface area (Å²) >= 11 is 0. The van der Waals surface area contributed by atoms with Crippen molar-refractivity contribution >= 4 is 12.1 Å². The fraction of sp³-hybridized carbons (Fsp3) is 0.533. The highest BCUT2D eigenvalue weighted by Crippen LogP contribution is 2.18. The fourth-order valence-electron chi connectivity index (χ4n) is 2.19. The van der Waals surface area contributed by atoms with Crippen LogP contribution in [-0.2, 0) is 16.0 Å². The van der Waals surface area contributed by atoms with Crippen molar-refractivity contribution in [1.82, 2.24) is 9.88 Å². The van der Waals surface area contributed by atoms with E-state index >= 15 is 0 Å². The van der Waals surface area contributed by atoms with Crippen LogP contribution >= 0.6 is 0 Å². The van der Waals surface area contributed by atoms with Gasteiger partial charge >= 0.3 is 6.15 Å². The van der Waals surface area contributed by atoms with Crippen LogP contribution < -0.4 is 0 Å². The third kappa shape index (κ3) is 4.59. The SMILES string of the molecule is CCc1cncc(C(=O)N2CCC(C)CC2)c1.O=C=O. The summed E-state index contributed by atoms with van der Waals surface area (Å²) in [5, 5.41) is 0. The molecule has 0 atom stereocenters. The van der Waals surface area contributed by atoms with Crippen molar-refractivity contribution in [1.29, 1.82) is 0 Å². The molecule has 0 bridgehead atoms. The number of carbonyl (C=O) groups excluding carboxylic acids is 3. The second-order valence-corrected chi connectivity index (χ2v) is 4.99. The molecule has 0 aliphatic carbocycles. The predicted octanol–water partition coefficient (Wildman–Crippen LogP) is 1.93. The number of hydrogen-bond acceptors (Lipinski definition) is 4. The van der Waals surface area contributed by atoms with Crippen LogP contribution in [-0.4, -0.2) is 35.0 Å². The van der Waals surface area contributed by atoms with Crippen LogP contribution in [0, 0.1) is 5.92 Å². The van der Waals surface area contributed by atoms with Gasteiger partial charge in [0, 0.05) is 25.5 Å². The van der Waals surface area contributed by atoms with E-state index in [4.69, 9.17) is 9.59 Å². The summed E-state index contributed by atoms with van der Waals surface area (Å²) in [5.41, 5.74) is 1.86. The molecule has 20 heavy (non-hydrogen) atoms. The Morgan fingerprint density at radius 2 is 1.95 bits per heavy atom. The molecule has 5 nitrogen and oxygen atoms in total. The van der Waals surface area contributed by atoms with E-state index in [0.29, 0.717) is 0 Å². The van der Waals surface area contributed by atoms with Crippen molar-refractivity contribution in [2.75, 3.05) is 13.1 Å². The maximum atomic E-state index is 12.3. The third-order valence-electron chi connectivity index (χ3n) is 3.52. The van der Waals surface area contributed by atoms with E-state index in [9.17, 15) is 4.79 Å². The number of carbonyl (C=O) groups is 1. The van der Waals surface area contributed by atoms with E-state index in [0.717, 1.165) is 49.4 Å². The number of piperidine rings is 1. The summed E-state index contributed by atoms with van der Waals surface area (Å²) in [6.07, 6.45) is 6.92. The van der Waals surface area contributed by atoms with Gasteiger partial charge < -0.3 is 4.90 Å². The Morgan fingerprint density at radius 1 is 1.35 bits per heavy atom. The summed E-state index contributed by atoms with van der Waals surface area (Å²) in [6.45, 7) is 6.10. The summed E-state index contributed by atoms with van der Waals surface area (Å²) < 4.78 is 0. The zero-order valence-corrected chi connectivity index (χ0v) is 12.0. The minimum absolute atomic E-state index is 0.139. The first-order valence-electron chi connectivity index (χ1n) is 6.84. The van der Waals surface area contributed by atoms with E-state index in [-0.39, 0.29) is 12.1 Å². The molecule has 1 aromatic rings. The predicted molar refractivity (Wildman–Crippen MR) is 72.9 cm³/mol. The van der Waals surface area contributed by atoms with Crippen LogP contribution in [0.3, 0.4) is 0 Å². The molecule has 1 aliphatic rings. The van der Waals surface area contributed by atoms with Crippen molar-refractivity contribution in [2.24, 2.45) is 5.92 Å². The van der Waals surface area contributed by atoms with Gasteiger partial charge in [0.2, 0.25) is 0 Å². The third-order valence-corrected chi connectivity index (χ3v) is 3.52. The standard InChI is InChI=1S/C14H20N2O.CO2/c1-3-12-8-13(10-15-9-12)14(17)16-6-4-11(2)5-7-16;2-1-3/h8-11H,3-7H2,1-2H3;. The lowest BCUT2D eigenvalue weighted by atomic mass is 9.98. The molecule has 108 valence electrons. The van der Waals surface area contributed by atoms with E-state index in [1.165, 1.54) is 0 Å². The van der Waals surface area contributed by atoms with Crippen LogP contribution in [0.2, 0.25) is 0 Å². The highest BCUT2D eigenvalue weighted by atomic mass is 16.2. The van der Waals surface area contributed by atoms with E-state index in [2.05, 4.69) is 18.8 Å². The van der Waals surface area contributed by atoms with E-state index < -0.39 is 0 Å². The highest BCUT2D eigenvalue weighted by molar-refractivity contribution is 5.94. The van der Waals surface area contributed by atoms with Crippen molar-refractivity contribution in [3.8, 4) is 0 Å². The average Bonchev–Trinajstić information content (AvgIpc) is 2.48. The number of rotatable bonds is 2. The Labute approximate surface area is 119 Å². The van der Waals surface area contributed by atoms with E-state index in [1.54, 1.807) is 6.20 Å². The van der Waals surface area contributed by atoms with Crippen molar-refractivity contribution in [3.05, 3.63) is 29.6 Å². The van der Waals surface area contributed by atoms with Gasteiger partial charge in [-0.3, -0.25) is 9.78 Å². The van der Waals surface area contributed by atoms with Gasteiger partial charge in [0.05, 0.1) is 5.56 Å². The van der Waals surface area contributed by atoms with Crippen LogP contribution in [0.4, 0.5) is 0 Å². The summed E-state index contributed by atoms with van der Waals surface area (Å²) in [4.78, 5) is 34.6. The smallest absolute Gasteiger partial charge is 0.339 e. The van der Waals surface area contributed by atoms with Crippen LogP contribution in [0.1, 0.15) is 42.6 Å². The van der Waals surface area contributed by atoms with Crippen LogP contribution in [0.15, 0.2) is 18.5 Å². The van der Waals surface area contributed by atoms with E-state index in [1.807, 2.05) is 17.2 Å². The fourth-order valence-corrected chi connectivity index (χ4v) is 2.19. The Bertz CT molecular complexity index is 474. The molecule has 1 fully saturated rings. The molecule has 0 radical (unpaired) electrons. The topological polar surface area (TPSA) is 67.3 Å². The molecule has 2 rings (SSSR count). The van der Waals surface area contributed by atoms with Crippen molar-refractivity contribution in [2.45, 2.75) is 33.1 Å². The van der Waals surface area contributed by atoms with Gasteiger partial charge in [0.1, 0.15) is 0 Å². The molecule has 1 amide bonds. The average molecular weight is 276 g/mol. The molecule has 0 aromatic carbocycles. The molecular weight excluding hydrogens is 256 g/mol. The number of amides is 1. The van der Waals surface area contributed by atoms with Crippen molar-refractivity contribution in [3.63, 3.8) is 0 Å². The number of hydrogen-bond donors (Lipinski definition) is 0. The van der Waals surface area contributed by atoms with Crippen LogP contribution in [0.5, 0.6) is 0 Å². The molecule has 0 spiro atoms. The van der Waals surface area contributed by atoms with Gasteiger partial charge in [-0.05, 0) is 36.8 Å². The summed E-state index contributed by atoms with van der Waals surface area (Å²) in [5.74, 6) is 0.888. The van der Waals surface area contributed by atoms with Gasteiger partial charge in [-0.15, -0.1) is 0 Å². The zero-order chi connectivity index (χ0) is 15.0. The number of aromatic nitrogens is 1. The van der Waals surface area contributed by atoms with Crippen LogP contribution in [0.25, 0.3) is 0 Å². The second kappa shape index (κ2) is 8.23. The lowest BCUT2D eigenvalue weighted by molar-refractivity contribution is -0.191. The van der Waals surface area contributed by atoms with Gasteiger partial charge in [0.15, 0.2) is 0 Å². The minimum atomic E-state index is 0.139. The maximum absolute atomic E-state index is 12.3. The molecule has 0 saturated carbocycles. The van der Waals surface area contributed by atoms with Gasteiger partial charge in [-0.25, -0.2) is 0 Å². The molecule has 1 aromatic heterocycles. The molecule has 2 heterocycles. The molecule has 0 unspecified atom stereocenters. The molecular formula is C15H20N2O3. The molecule has 5 heteroatoms. The molecule has 1 saturated heterocycles. The van der Waals surface area contributed by atoms with Gasteiger partial charge in [-0.1, -0.05) is 13.8 Å². The first-order chi connectivity index (χ1) is 9.62.